The Morgan fingerprint density at radius 3 is 2.54 bits per heavy atom. The third kappa shape index (κ3) is 4.54. The van der Waals surface area contributed by atoms with Crippen LogP contribution in [0.2, 0.25) is 5.28 Å². The largest absolute Gasteiger partial charge is 0.365 e. The molecule has 0 aliphatic rings. The highest BCUT2D eigenvalue weighted by Gasteiger charge is 2.21. The van der Waals surface area contributed by atoms with Gasteiger partial charge < -0.3 is 15.6 Å². The van der Waals surface area contributed by atoms with Crippen molar-refractivity contribution in [1.82, 2.24) is 19.5 Å². The lowest BCUT2D eigenvalue weighted by Crippen LogP contribution is -2.20. The second-order valence-electron chi connectivity index (χ2n) is 5.75. The maximum atomic E-state index is 14.9. The number of fused-ring (bicyclic) bond motifs is 1. The van der Waals surface area contributed by atoms with Gasteiger partial charge in [-0.25, -0.2) is 4.39 Å². The van der Waals surface area contributed by atoms with Crippen LogP contribution in [0.1, 0.15) is 18.2 Å². The maximum absolute atomic E-state index is 14.9. The molecule has 0 aliphatic carbocycles. The summed E-state index contributed by atoms with van der Waals surface area (Å²) in [4.78, 5) is 12.3. The molecule has 0 bridgehead atoms. The zero-order chi connectivity index (χ0) is 17.3. The van der Waals surface area contributed by atoms with Crippen LogP contribution in [0.3, 0.4) is 0 Å². The number of halogens is 4. The fraction of sp³-hybridized carbons (Fsp3) is 0.312. The minimum atomic E-state index is -0.362. The highest BCUT2D eigenvalue weighted by molar-refractivity contribution is 6.28. The molecule has 0 aliphatic heterocycles. The number of nitrogens with zero attached hydrogens (tertiary/aromatic N) is 4. The number of aromatic nitrogens is 4. The molecule has 0 unspecified atom stereocenters. The highest BCUT2D eigenvalue weighted by atomic mass is 35.5. The first-order valence-electron chi connectivity index (χ1n) is 7.56. The van der Waals surface area contributed by atoms with Crippen molar-refractivity contribution in [2.24, 2.45) is 12.8 Å². The lowest BCUT2D eigenvalue weighted by Gasteiger charge is -2.07. The first-order valence-corrected chi connectivity index (χ1v) is 7.93. The fourth-order valence-electron chi connectivity index (χ4n) is 2.63. The lowest BCUT2D eigenvalue weighted by molar-refractivity contribution is 0.586. The first-order chi connectivity index (χ1) is 11.5. The van der Waals surface area contributed by atoms with Gasteiger partial charge in [-0.15, -0.1) is 24.8 Å². The molecule has 3 aromatic rings. The summed E-state index contributed by atoms with van der Waals surface area (Å²) in [6, 6.07) is 3.57. The number of aryl methyl sites for hydroxylation is 1. The van der Waals surface area contributed by atoms with Crippen LogP contribution in [-0.2, 0) is 20.0 Å². The number of anilines is 1. The molecule has 26 heavy (non-hydrogen) atoms. The van der Waals surface area contributed by atoms with E-state index in [1.54, 1.807) is 24.0 Å². The maximum Gasteiger partial charge on any atom is 0.226 e. The average molecular weight is 422 g/mol. The van der Waals surface area contributed by atoms with E-state index in [1.165, 1.54) is 0 Å². The first kappa shape index (κ1) is 22.4. The lowest BCUT2D eigenvalue weighted by atomic mass is 10.2. The van der Waals surface area contributed by atoms with Crippen LogP contribution in [0.15, 0.2) is 24.5 Å². The standard InChI is InChI=1S/C16H18ClFN6.2ClH/c1-9(19)7-11-13(18)12-14(21-8-10-3-5-20-6-4-10)22-16(17)23-15(12)24(11)2;;/h3-6,9H,7-8,19H2,1-2H3,(H,21,22,23);2*1H/t9-;;/m0../s1. The molecule has 0 radical (unpaired) electrons. The van der Waals surface area contributed by atoms with Crippen molar-refractivity contribution in [3.05, 3.63) is 46.9 Å². The topological polar surface area (TPSA) is 81.7 Å². The van der Waals surface area contributed by atoms with Gasteiger partial charge in [0.15, 0.2) is 5.82 Å². The van der Waals surface area contributed by atoms with Gasteiger partial charge in [-0.1, -0.05) is 0 Å². The normalized spacial score (nSPS) is 11.6. The van der Waals surface area contributed by atoms with Crippen LogP contribution < -0.4 is 11.1 Å². The molecule has 0 fully saturated rings. The number of rotatable bonds is 5. The number of hydrogen-bond acceptors (Lipinski definition) is 5. The van der Waals surface area contributed by atoms with Gasteiger partial charge in [0.05, 0.1) is 11.1 Å². The Kier molecular flexibility index (Phi) is 8.02. The smallest absolute Gasteiger partial charge is 0.226 e. The Bertz CT molecular complexity index is 870. The van der Waals surface area contributed by atoms with E-state index in [0.717, 1.165) is 5.56 Å². The molecule has 3 rings (SSSR count). The van der Waals surface area contributed by atoms with Crippen molar-refractivity contribution in [3.8, 4) is 0 Å². The molecule has 10 heteroatoms. The Labute approximate surface area is 168 Å². The van der Waals surface area contributed by atoms with E-state index in [9.17, 15) is 4.39 Å². The molecule has 3 heterocycles. The molecule has 3 N–H and O–H groups in total. The summed E-state index contributed by atoms with van der Waals surface area (Å²) in [6.45, 7) is 2.31. The van der Waals surface area contributed by atoms with E-state index in [1.807, 2.05) is 19.1 Å². The predicted molar refractivity (Wildman–Crippen MR) is 107 cm³/mol. The van der Waals surface area contributed by atoms with Gasteiger partial charge in [0.1, 0.15) is 11.5 Å². The van der Waals surface area contributed by atoms with Crippen LogP contribution in [0.4, 0.5) is 10.2 Å². The van der Waals surface area contributed by atoms with Gasteiger partial charge in [0, 0.05) is 38.4 Å². The Balaban J connectivity index is 0.00000169. The summed E-state index contributed by atoms with van der Waals surface area (Å²) in [7, 11) is 1.75. The summed E-state index contributed by atoms with van der Waals surface area (Å²) in [5, 5.41) is 3.52. The van der Waals surface area contributed by atoms with Crippen molar-refractivity contribution in [3.63, 3.8) is 0 Å². The quantitative estimate of drug-likeness (QED) is 0.616. The van der Waals surface area contributed by atoms with Crippen molar-refractivity contribution < 1.29 is 4.39 Å². The molecule has 0 spiro atoms. The van der Waals surface area contributed by atoms with E-state index >= 15 is 0 Å². The second-order valence-corrected chi connectivity index (χ2v) is 6.09. The van der Waals surface area contributed by atoms with Crippen molar-refractivity contribution in [2.45, 2.75) is 25.9 Å². The van der Waals surface area contributed by atoms with Gasteiger partial charge in [-0.2, -0.15) is 9.97 Å². The Hall–Kier alpha value is -1.67. The van der Waals surface area contributed by atoms with E-state index in [-0.39, 0.29) is 42.0 Å². The Morgan fingerprint density at radius 2 is 1.92 bits per heavy atom. The van der Waals surface area contributed by atoms with Gasteiger partial charge >= 0.3 is 0 Å². The minimum Gasteiger partial charge on any atom is -0.365 e. The molecule has 142 valence electrons. The van der Waals surface area contributed by atoms with Crippen LogP contribution in [0.5, 0.6) is 0 Å². The fourth-order valence-corrected chi connectivity index (χ4v) is 2.80. The number of nitrogens with one attached hydrogen (secondary N) is 1. The SMILES string of the molecule is C[C@H](N)Cc1c(F)c2c(NCc3ccncc3)nc(Cl)nc2n1C.Cl.Cl. The molecular weight excluding hydrogens is 402 g/mol. The third-order valence-corrected chi connectivity index (χ3v) is 3.95. The predicted octanol–water partition coefficient (Wildman–Crippen LogP) is 3.50. The number of nitrogens with two attached hydrogens (primary N) is 1. The minimum absolute atomic E-state index is 0. The van der Waals surface area contributed by atoms with E-state index in [4.69, 9.17) is 17.3 Å². The van der Waals surface area contributed by atoms with E-state index < -0.39 is 0 Å². The van der Waals surface area contributed by atoms with Crippen LogP contribution in [0, 0.1) is 5.82 Å². The second kappa shape index (κ2) is 9.32. The highest BCUT2D eigenvalue weighted by Crippen LogP contribution is 2.30. The molecule has 0 amide bonds. The van der Waals surface area contributed by atoms with Crippen LogP contribution in [-0.4, -0.2) is 25.6 Å². The van der Waals surface area contributed by atoms with E-state index in [0.29, 0.717) is 35.5 Å². The summed E-state index contributed by atoms with van der Waals surface area (Å²) in [5.74, 6) is 0.00420. The summed E-state index contributed by atoms with van der Waals surface area (Å²) in [6.07, 6.45) is 3.80. The van der Waals surface area contributed by atoms with Crippen molar-refractivity contribution in [1.29, 1.82) is 0 Å². The van der Waals surface area contributed by atoms with Gasteiger partial charge in [0.2, 0.25) is 5.28 Å². The zero-order valence-electron chi connectivity index (χ0n) is 14.2. The summed E-state index contributed by atoms with van der Waals surface area (Å²) >= 11 is 6.01. The molecule has 6 nitrogen and oxygen atoms in total. The summed E-state index contributed by atoms with van der Waals surface area (Å²) in [5.41, 5.74) is 7.76. The van der Waals surface area contributed by atoms with E-state index in [2.05, 4.69) is 20.3 Å². The van der Waals surface area contributed by atoms with Gasteiger partial charge in [-0.3, -0.25) is 4.98 Å². The van der Waals surface area contributed by atoms with Gasteiger partial charge in [-0.05, 0) is 36.2 Å². The number of hydrogen-bond donors (Lipinski definition) is 2. The van der Waals surface area contributed by atoms with Gasteiger partial charge in [0.25, 0.3) is 0 Å². The monoisotopic (exact) mass is 420 g/mol. The van der Waals surface area contributed by atoms with Crippen molar-refractivity contribution >= 4 is 53.3 Å². The van der Waals surface area contributed by atoms with Crippen molar-refractivity contribution in [2.75, 3.05) is 5.32 Å². The molecular formula is C16H20Cl3FN6. The average Bonchev–Trinajstić information content (AvgIpc) is 2.78. The number of pyridine rings is 1. The molecule has 1 atom stereocenters. The molecule has 0 saturated carbocycles. The summed E-state index contributed by atoms with van der Waals surface area (Å²) < 4.78 is 16.6. The van der Waals surface area contributed by atoms with Crippen LogP contribution >= 0.6 is 36.4 Å². The molecule has 3 aromatic heterocycles. The van der Waals surface area contributed by atoms with Crippen LogP contribution in [0.25, 0.3) is 11.0 Å². The zero-order valence-corrected chi connectivity index (χ0v) is 16.6. The third-order valence-electron chi connectivity index (χ3n) is 3.78. The molecule has 0 saturated heterocycles. The molecule has 0 aromatic carbocycles. The Morgan fingerprint density at radius 1 is 1.27 bits per heavy atom.